The van der Waals surface area contributed by atoms with Crippen molar-refractivity contribution >= 4 is 5.91 Å². The van der Waals surface area contributed by atoms with E-state index in [2.05, 4.69) is 20.0 Å². The number of rotatable bonds is 1. The van der Waals surface area contributed by atoms with E-state index < -0.39 is 0 Å². The summed E-state index contributed by atoms with van der Waals surface area (Å²) in [7, 11) is 1.48. The second-order valence-corrected chi connectivity index (χ2v) is 1.29. The molecule has 5 heteroatoms. The van der Waals surface area contributed by atoms with Crippen LogP contribution in [0.25, 0.3) is 0 Å². The Kier molecular flexibility index (Phi) is 1.44. The first-order chi connectivity index (χ1) is 4.34. The number of nitrogens with zero attached hydrogens (tertiary/aromatic N) is 2. The Balaban J connectivity index is 2.77. The molecule has 47 valence electrons. The highest BCUT2D eigenvalue weighted by Gasteiger charge is 2.06. The van der Waals surface area contributed by atoms with Crippen LogP contribution in [0, 0.1) is 6.39 Å². The molecular formula is C4H4N3O2. The molecule has 1 heterocycles. The number of carbonyl (C=O) groups excluding carboxylic acids is 1. The van der Waals surface area contributed by atoms with Crippen LogP contribution < -0.4 is 5.32 Å². The minimum Gasteiger partial charge on any atom is -0.352 e. The summed E-state index contributed by atoms with van der Waals surface area (Å²) in [5.41, 5.74) is 0. The van der Waals surface area contributed by atoms with Crippen molar-refractivity contribution in [2.24, 2.45) is 0 Å². The maximum Gasteiger partial charge on any atom is 0.316 e. The Morgan fingerprint density at radius 1 is 1.89 bits per heavy atom. The Hall–Kier alpha value is -1.39. The summed E-state index contributed by atoms with van der Waals surface area (Å²) < 4.78 is 4.19. The number of hydrogen-bond donors (Lipinski definition) is 1. The summed E-state index contributed by atoms with van der Waals surface area (Å²) in [6.07, 6.45) is 2.05. The molecule has 0 aromatic carbocycles. The first kappa shape index (κ1) is 5.74. The molecule has 1 radical (unpaired) electrons. The third-order valence-electron chi connectivity index (χ3n) is 0.755. The van der Waals surface area contributed by atoms with Gasteiger partial charge in [0.1, 0.15) is 0 Å². The molecule has 5 nitrogen and oxygen atoms in total. The van der Waals surface area contributed by atoms with Gasteiger partial charge in [-0.05, 0) is 0 Å². The molecule has 1 N–H and O–H groups in total. The van der Waals surface area contributed by atoms with Gasteiger partial charge >= 0.3 is 6.39 Å². The van der Waals surface area contributed by atoms with Crippen LogP contribution in [0.2, 0.25) is 0 Å². The van der Waals surface area contributed by atoms with Gasteiger partial charge in [-0.1, -0.05) is 5.16 Å². The maximum atomic E-state index is 10.6. The lowest BCUT2D eigenvalue weighted by Gasteiger charge is -1.86. The second kappa shape index (κ2) is 2.25. The van der Waals surface area contributed by atoms with Crippen LogP contribution >= 0.6 is 0 Å². The fourth-order valence-electron chi connectivity index (χ4n) is 0.352. The Morgan fingerprint density at radius 2 is 2.67 bits per heavy atom. The average Bonchev–Trinajstić information content (AvgIpc) is 2.37. The fraction of sp³-hybridized carbons (Fsp3) is 0.250. The molecule has 0 fully saturated rings. The lowest BCUT2D eigenvalue weighted by Crippen LogP contribution is -2.18. The van der Waals surface area contributed by atoms with Crippen LogP contribution in [0.15, 0.2) is 4.52 Å². The summed E-state index contributed by atoms with van der Waals surface area (Å²) in [5.74, 6) is -0.377. The average molecular weight is 126 g/mol. The highest BCUT2D eigenvalue weighted by molar-refractivity contribution is 5.89. The van der Waals surface area contributed by atoms with Gasteiger partial charge in [-0.25, -0.2) is 0 Å². The van der Waals surface area contributed by atoms with Crippen molar-refractivity contribution < 1.29 is 9.32 Å². The monoisotopic (exact) mass is 126 g/mol. The van der Waals surface area contributed by atoms with E-state index in [1.54, 1.807) is 0 Å². The molecule has 1 aromatic rings. The first-order valence-electron chi connectivity index (χ1n) is 2.26. The van der Waals surface area contributed by atoms with Crippen molar-refractivity contribution in [2.75, 3.05) is 7.05 Å². The van der Waals surface area contributed by atoms with Crippen molar-refractivity contribution in [3.63, 3.8) is 0 Å². The van der Waals surface area contributed by atoms with E-state index in [1.807, 2.05) is 6.39 Å². The van der Waals surface area contributed by atoms with E-state index in [-0.39, 0.29) is 11.7 Å². The van der Waals surface area contributed by atoms with Gasteiger partial charge in [-0.3, -0.25) is 4.79 Å². The maximum absolute atomic E-state index is 10.6. The quantitative estimate of drug-likeness (QED) is 0.536. The van der Waals surface area contributed by atoms with Gasteiger partial charge in [-0.15, -0.1) is 0 Å². The first-order valence-corrected chi connectivity index (χ1v) is 2.26. The summed E-state index contributed by atoms with van der Waals surface area (Å²) in [6, 6.07) is 0. The molecule has 0 saturated carbocycles. The van der Waals surface area contributed by atoms with Crippen LogP contribution in [0.5, 0.6) is 0 Å². The summed E-state index contributed by atoms with van der Waals surface area (Å²) in [6.45, 7) is 0. The number of hydrogen-bond acceptors (Lipinski definition) is 4. The van der Waals surface area contributed by atoms with Crippen molar-refractivity contribution in [3.05, 3.63) is 12.2 Å². The van der Waals surface area contributed by atoms with Gasteiger partial charge in [0.25, 0.3) is 11.7 Å². The van der Waals surface area contributed by atoms with Crippen molar-refractivity contribution in [1.82, 2.24) is 15.5 Å². The lowest BCUT2D eigenvalue weighted by atomic mass is 10.6. The molecule has 0 spiro atoms. The van der Waals surface area contributed by atoms with Gasteiger partial charge in [0.15, 0.2) is 0 Å². The van der Waals surface area contributed by atoms with E-state index in [4.69, 9.17) is 0 Å². The topological polar surface area (TPSA) is 68.0 Å². The molecule has 9 heavy (non-hydrogen) atoms. The SMILES string of the molecule is CNC(=O)c1n[c]on1. The van der Waals surface area contributed by atoms with E-state index in [1.165, 1.54) is 7.05 Å². The van der Waals surface area contributed by atoms with Crippen molar-refractivity contribution in [1.29, 1.82) is 0 Å². The second-order valence-electron chi connectivity index (χ2n) is 1.29. The molecule has 0 aliphatic carbocycles. The molecule has 0 saturated heterocycles. The largest absolute Gasteiger partial charge is 0.352 e. The summed E-state index contributed by atoms with van der Waals surface area (Å²) in [4.78, 5) is 13.9. The third kappa shape index (κ3) is 1.04. The summed E-state index contributed by atoms with van der Waals surface area (Å²) >= 11 is 0. The van der Waals surface area contributed by atoms with Crippen molar-refractivity contribution in [2.45, 2.75) is 0 Å². The minimum atomic E-state index is -0.375. The number of aromatic nitrogens is 2. The zero-order valence-corrected chi connectivity index (χ0v) is 4.71. The molecule has 0 unspecified atom stereocenters. The minimum absolute atomic E-state index is 0.00231. The van der Waals surface area contributed by atoms with Gasteiger partial charge in [-0.2, -0.15) is 4.98 Å². The van der Waals surface area contributed by atoms with Crippen LogP contribution in [0.1, 0.15) is 10.6 Å². The van der Waals surface area contributed by atoms with Gasteiger partial charge < -0.3 is 9.84 Å². The van der Waals surface area contributed by atoms with Gasteiger partial charge in [0.2, 0.25) is 0 Å². The smallest absolute Gasteiger partial charge is 0.316 e. The number of amides is 1. The normalized spacial score (nSPS) is 9.00. The molecule has 1 amide bonds. The van der Waals surface area contributed by atoms with Gasteiger partial charge in [0, 0.05) is 7.05 Å². The molecule has 0 aliphatic heterocycles. The number of nitrogens with one attached hydrogen (secondary N) is 1. The molecule has 0 aliphatic rings. The third-order valence-corrected chi connectivity index (χ3v) is 0.755. The highest BCUT2D eigenvalue weighted by Crippen LogP contribution is 1.84. The van der Waals surface area contributed by atoms with Crippen LogP contribution in [0.3, 0.4) is 0 Å². The van der Waals surface area contributed by atoms with Crippen LogP contribution in [-0.2, 0) is 0 Å². The molecule has 0 bridgehead atoms. The van der Waals surface area contributed by atoms with E-state index in [0.717, 1.165) is 0 Å². The molecule has 1 rings (SSSR count). The highest BCUT2D eigenvalue weighted by atomic mass is 16.5. The predicted molar refractivity (Wildman–Crippen MR) is 26.5 cm³/mol. The van der Waals surface area contributed by atoms with E-state index >= 15 is 0 Å². The molecule has 0 atom stereocenters. The standard InChI is InChI=1S/C4H4N3O2/c1-5-4(8)3-6-2-9-7-3/h1H3,(H,5,8). The predicted octanol–water partition coefficient (Wildman–Crippen LogP) is -0.771. The summed E-state index contributed by atoms with van der Waals surface area (Å²) in [5, 5.41) is 5.56. The Labute approximate surface area is 51.1 Å². The Bertz CT molecular complexity index is 194. The molecule has 1 aromatic heterocycles. The zero-order chi connectivity index (χ0) is 6.69. The molecular weight excluding hydrogens is 122 g/mol. The lowest BCUT2D eigenvalue weighted by molar-refractivity contribution is 0.0950. The van der Waals surface area contributed by atoms with Gasteiger partial charge in [0.05, 0.1) is 0 Å². The van der Waals surface area contributed by atoms with Crippen LogP contribution in [-0.4, -0.2) is 23.1 Å². The van der Waals surface area contributed by atoms with Crippen molar-refractivity contribution in [3.8, 4) is 0 Å². The van der Waals surface area contributed by atoms with E-state index in [0.29, 0.717) is 0 Å². The Morgan fingerprint density at radius 3 is 3.11 bits per heavy atom. The number of carbonyl (C=O) groups is 1. The van der Waals surface area contributed by atoms with Crippen LogP contribution in [0.4, 0.5) is 0 Å². The zero-order valence-electron chi connectivity index (χ0n) is 4.71. The van der Waals surface area contributed by atoms with E-state index in [9.17, 15) is 4.79 Å². The fourth-order valence-corrected chi connectivity index (χ4v) is 0.352.